The van der Waals surface area contributed by atoms with Crippen molar-refractivity contribution < 1.29 is 14.6 Å². The minimum atomic E-state index is -0.481. The van der Waals surface area contributed by atoms with E-state index in [1.54, 1.807) is 0 Å². The van der Waals surface area contributed by atoms with Crippen LogP contribution in [-0.4, -0.2) is 16.8 Å². The summed E-state index contributed by atoms with van der Waals surface area (Å²) in [5.41, 5.74) is 0.641. The number of aliphatic hydroxyl groups excluding tert-OH is 1. The summed E-state index contributed by atoms with van der Waals surface area (Å²) in [6.45, 7) is 0.0639. The van der Waals surface area contributed by atoms with E-state index in [0.29, 0.717) is 22.9 Å². The fourth-order valence-corrected chi connectivity index (χ4v) is 1.44. The molecule has 1 aromatic carbocycles. The van der Waals surface area contributed by atoms with Gasteiger partial charge in [-0.25, -0.2) is 4.39 Å². The van der Waals surface area contributed by atoms with Crippen molar-refractivity contribution in [1.29, 1.82) is 0 Å². The number of aryl methyl sites for hydroxylation is 1. The molecule has 0 fully saturated rings. The summed E-state index contributed by atoms with van der Waals surface area (Å²) >= 11 is 3.02. The number of halogens is 2. The second-order valence-electron chi connectivity index (χ2n) is 2.72. The van der Waals surface area contributed by atoms with Crippen molar-refractivity contribution >= 4 is 15.9 Å². The third kappa shape index (κ3) is 2.67. The van der Waals surface area contributed by atoms with Crippen LogP contribution in [0.2, 0.25) is 0 Å². The monoisotopic (exact) mass is 248 g/mol. The van der Waals surface area contributed by atoms with Gasteiger partial charge in [-0.2, -0.15) is 0 Å². The van der Waals surface area contributed by atoms with Crippen LogP contribution >= 0.6 is 15.9 Å². The molecule has 0 aliphatic rings. The SMILES string of the molecule is OCCCc1cc(Br)c(F)cc1O. The highest BCUT2D eigenvalue weighted by atomic mass is 79.9. The van der Waals surface area contributed by atoms with Crippen LogP contribution in [0.15, 0.2) is 16.6 Å². The molecule has 1 rings (SSSR count). The fourth-order valence-electron chi connectivity index (χ4n) is 1.05. The number of phenols is 1. The van der Waals surface area contributed by atoms with Crippen LogP contribution < -0.4 is 0 Å². The Balaban J connectivity index is 2.88. The molecule has 72 valence electrons. The van der Waals surface area contributed by atoms with E-state index < -0.39 is 5.82 Å². The molecule has 0 aromatic heterocycles. The Bertz CT molecular complexity index is 302. The topological polar surface area (TPSA) is 40.5 Å². The van der Waals surface area contributed by atoms with Crippen molar-refractivity contribution in [3.8, 4) is 5.75 Å². The molecule has 1 aromatic rings. The smallest absolute Gasteiger partial charge is 0.141 e. The summed E-state index contributed by atoms with van der Waals surface area (Å²) in [6.07, 6.45) is 1.10. The molecule has 0 atom stereocenters. The van der Waals surface area contributed by atoms with Crippen molar-refractivity contribution in [2.45, 2.75) is 12.8 Å². The molecule has 0 saturated carbocycles. The van der Waals surface area contributed by atoms with E-state index in [4.69, 9.17) is 5.11 Å². The first-order valence-corrected chi connectivity index (χ1v) is 4.72. The largest absolute Gasteiger partial charge is 0.508 e. The molecule has 4 heteroatoms. The summed E-state index contributed by atoms with van der Waals surface area (Å²) < 4.78 is 13.2. The van der Waals surface area contributed by atoms with Crippen molar-refractivity contribution in [2.75, 3.05) is 6.61 Å². The Kier molecular flexibility index (Phi) is 3.69. The molecule has 2 N–H and O–H groups in total. The normalized spacial score (nSPS) is 10.4. The van der Waals surface area contributed by atoms with Crippen molar-refractivity contribution in [1.82, 2.24) is 0 Å². The van der Waals surface area contributed by atoms with Gasteiger partial charge in [0, 0.05) is 12.7 Å². The maximum absolute atomic E-state index is 12.8. The molecular formula is C9H10BrFO2. The van der Waals surface area contributed by atoms with Gasteiger partial charge >= 0.3 is 0 Å². The Morgan fingerprint density at radius 3 is 2.69 bits per heavy atom. The molecule has 0 bridgehead atoms. The number of hydrogen-bond donors (Lipinski definition) is 2. The van der Waals surface area contributed by atoms with Gasteiger partial charge in [0.25, 0.3) is 0 Å². The highest BCUT2D eigenvalue weighted by Gasteiger charge is 2.06. The summed E-state index contributed by atoms with van der Waals surface area (Å²) in [5.74, 6) is -0.542. The Morgan fingerprint density at radius 1 is 1.38 bits per heavy atom. The molecule has 0 radical (unpaired) electrons. The van der Waals surface area contributed by atoms with Crippen LogP contribution in [0.1, 0.15) is 12.0 Å². The first kappa shape index (κ1) is 10.5. The summed E-state index contributed by atoms with van der Waals surface area (Å²) in [4.78, 5) is 0. The Morgan fingerprint density at radius 2 is 2.08 bits per heavy atom. The van der Waals surface area contributed by atoms with Crippen LogP contribution in [-0.2, 0) is 6.42 Å². The lowest BCUT2D eigenvalue weighted by Crippen LogP contribution is -1.91. The van der Waals surface area contributed by atoms with Crippen LogP contribution in [0.25, 0.3) is 0 Å². The van der Waals surface area contributed by atoms with Crippen LogP contribution in [0, 0.1) is 5.82 Å². The number of aliphatic hydroxyl groups is 1. The van der Waals surface area contributed by atoms with Gasteiger partial charge in [0.2, 0.25) is 0 Å². The van der Waals surface area contributed by atoms with Gasteiger partial charge in [-0.05, 0) is 40.4 Å². The summed E-state index contributed by atoms with van der Waals surface area (Å²) in [5, 5.41) is 17.9. The quantitative estimate of drug-likeness (QED) is 0.862. The standard InChI is InChI=1S/C9H10BrFO2/c10-7-4-6(2-1-3-12)9(13)5-8(7)11/h4-5,12-13H,1-3H2. The van der Waals surface area contributed by atoms with Crippen LogP contribution in [0.5, 0.6) is 5.75 Å². The summed E-state index contributed by atoms with van der Waals surface area (Å²) in [6, 6.07) is 2.59. The molecule has 0 aliphatic heterocycles. The van der Waals surface area contributed by atoms with E-state index in [-0.39, 0.29) is 12.4 Å². The van der Waals surface area contributed by atoms with Gasteiger partial charge in [0.15, 0.2) is 0 Å². The first-order valence-electron chi connectivity index (χ1n) is 3.93. The summed E-state index contributed by atoms with van der Waals surface area (Å²) in [7, 11) is 0. The van der Waals surface area contributed by atoms with Crippen molar-refractivity contribution in [3.63, 3.8) is 0 Å². The lowest BCUT2D eigenvalue weighted by atomic mass is 10.1. The van der Waals surface area contributed by atoms with Crippen LogP contribution in [0.3, 0.4) is 0 Å². The van der Waals surface area contributed by atoms with E-state index in [2.05, 4.69) is 15.9 Å². The Labute approximate surface area is 84.1 Å². The van der Waals surface area contributed by atoms with E-state index in [1.807, 2.05) is 0 Å². The maximum atomic E-state index is 12.8. The molecule has 0 saturated heterocycles. The Hall–Kier alpha value is -0.610. The van der Waals surface area contributed by atoms with Gasteiger partial charge in [-0.15, -0.1) is 0 Å². The number of phenolic OH excluding ortho intramolecular Hbond substituents is 1. The minimum absolute atomic E-state index is 0.0610. The second kappa shape index (κ2) is 4.58. The molecular weight excluding hydrogens is 239 g/mol. The molecule has 0 amide bonds. The van der Waals surface area contributed by atoms with Gasteiger partial charge in [-0.3, -0.25) is 0 Å². The van der Waals surface area contributed by atoms with E-state index in [1.165, 1.54) is 6.07 Å². The molecule has 0 heterocycles. The third-order valence-corrected chi connectivity index (χ3v) is 2.33. The zero-order valence-corrected chi connectivity index (χ0v) is 8.51. The average Bonchev–Trinajstić information content (AvgIpc) is 2.09. The molecule has 0 aliphatic carbocycles. The number of benzene rings is 1. The first-order chi connectivity index (χ1) is 6.15. The second-order valence-corrected chi connectivity index (χ2v) is 3.58. The van der Waals surface area contributed by atoms with Gasteiger partial charge in [0.05, 0.1) is 4.47 Å². The fraction of sp³-hybridized carbons (Fsp3) is 0.333. The molecule has 0 unspecified atom stereocenters. The number of aromatic hydroxyl groups is 1. The lowest BCUT2D eigenvalue weighted by molar-refractivity contribution is 0.288. The van der Waals surface area contributed by atoms with E-state index in [0.717, 1.165) is 6.07 Å². The molecule has 0 spiro atoms. The minimum Gasteiger partial charge on any atom is -0.508 e. The maximum Gasteiger partial charge on any atom is 0.141 e. The van der Waals surface area contributed by atoms with Crippen molar-refractivity contribution in [2.24, 2.45) is 0 Å². The van der Waals surface area contributed by atoms with Gasteiger partial charge < -0.3 is 10.2 Å². The number of rotatable bonds is 3. The van der Waals surface area contributed by atoms with E-state index in [9.17, 15) is 9.50 Å². The van der Waals surface area contributed by atoms with Crippen molar-refractivity contribution in [3.05, 3.63) is 28.0 Å². The predicted octanol–water partition coefficient (Wildman–Crippen LogP) is 2.22. The van der Waals surface area contributed by atoms with Crippen LogP contribution in [0.4, 0.5) is 4.39 Å². The zero-order chi connectivity index (χ0) is 9.84. The lowest BCUT2D eigenvalue weighted by Gasteiger charge is -2.04. The van der Waals surface area contributed by atoms with Gasteiger partial charge in [-0.1, -0.05) is 0 Å². The van der Waals surface area contributed by atoms with Gasteiger partial charge in [0.1, 0.15) is 11.6 Å². The third-order valence-electron chi connectivity index (χ3n) is 1.73. The number of hydrogen-bond acceptors (Lipinski definition) is 2. The average molecular weight is 249 g/mol. The zero-order valence-electron chi connectivity index (χ0n) is 6.93. The molecule has 13 heavy (non-hydrogen) atoms. The highest BCUT2D eigenvalue weighted by molar-refractivity contribution is 9.10. The predicted molar refractivity (Wildman–Crippen MR) is 51.2 cm³/mol. The molecule has 2 nitrogen and oxygen atoms in total. The van der Waals surface area contributed by atoms with E-state index >= 15 is 0 Å². The highest BCUT2D eigenvalue weighted by Crippen LogP contribution is 2.26.